The number of amides is 1. The number of rotatable bonds is 16. The highest BCUT2D eigenvalue weighted by atomic mass is 19.4. The van der Waals surface area contributed by atoms with Crippen LogP contribution in [-0.2, 0) is 24.0 Å². The van der Waals surface area contributed by atoms with Crippen LogP contribution in [0.25, 0.3) is 0 Å². The molecule has 0 aliphatic rings. The molecule has 0 aromatic rings. The molecule has 294 valence electrons. The Bertz CT molecular complexity index is 807. The zero-order valence-electron chi connectivity index (χ0n) is 25.6. The number of carboxylic acids is 4. The van der Waals surface area contributed by atoms with E-state index in [1.807, 2.05) is 0 Å². The number of carbonyl (C=O) groups is 5. The van der Waals surface area contributed by atoms with E-state index in [9.17, 15) is 57.5 Å². The van der Waals surface area contributed by atoms with E-state index in [0.717, 1.165) is 71.6 Å². The van der Waals surface area contributed by atoms with Gasteiger partial charge in [0.1, 0.15) is 0 Å². The van der Waals surface area contributed by atoms with Gasteiger partial charge in [0, 0.05) is 13.5 Å². The normalized spacial score (nSPS) is 11.1. The Morgan fingerprint density at radius 1 is 0.449 bits per heavy atom. The van der Waals surface area contributed by atoms with Crippen LogP contribution in [0.15, 0.2) is 0 Å². The summed E-state index contributed by atoms with van der Waals surface area (Å²) in [5.74, 6) is -11.0. The largest absolute Gasteiger partial charge is 0.490 e. The number of unbranched alkanes of at least 4 members (excludes halogenated alkanes) is 1. The second-order valence-electron chi connectivity index (χ2n) is 8.50. The minimum Gasteiger partial charge on any atom is -0.475 e. The average molecular weight is 758 g/mol. The first-order chi connectivity index (χ1) is 22.0. The maximum atomic E-state index is 10.6. The maximum absolute atomic E-state index is 10.6. The summed E-state index contributed by atoms with van der Waals surface area (Å²) in [5.41, 5.74) is 5.42. The highest BCUT2D eigenvalue weighted by Gasteiger charge is 2.39. The first-order valence-electron chi connectivity index (χ1n) is 13.3. The Morgan fingerprint density at radius 2 is 0.653 bits per heavy atom. The molecule has 0 saturated carbocycles. The van der Waals surface area contributed by atoms with Gasteiger partial charge in [-0.3, -0.25) is 4.79 Å². The minimum absolute atomic E-state index is 0.0498. The fraction of sp³-hybridized carbons (Fsp3) is 0.783. The molecular weight excluding hydrogens is 718 g/mol. The quantitative estimate of drug-likeness (QED) is 0.0813. The van der Waals surface area contributed by atoms with Crippen LogP contribution in [0.1, 0.15) is 39.0 Å². The molecule has 0 aromatic carbocycles. The van der Waals surface area contributed by atoms with Gasteiger partial charge in [-0.25, -0.2) is 19.2 Å². The van der Waals surface area contributed by atoms with Crippen LogP contribution in [0.2, 0.25) is 0 Å². The third-order valence-corrected chi connectivity index (χ3v) is 4.10. The molecule has 0 unspecified atom stereocenters. The summed E-state index contributed by atoms with van der Waals surface area (Å²) >= 11 is 0. The van der Waals surface area contributed by atoms with Gasteiger partial charge >= 0.3 is 48.6 Å². The van der Waals surface area contributed by atoms with Crippen LogP contribution in [-0.4, -0.2) is 127 Å². The number of hydrogen-bond donors (Lipinski definition) is 9. The minimum atomic E-state index is -5.08. The van der Waals surface area contributed by atoms with Crippen molar-refractivity contribution in [3.05, 3.63) is 0 Å². The lowest BCUT2D eigenvalue weighted by Crippen LogP contribution is -2.27. The van der Waals surface area contributed by atoms with Gasteiger partial charge in [0.15, 0.2) is 0 Å². The van der Waals surface area contributed by atoms with E-state index in [1.54, 1.807) is 6.92 Å². The van der Waals surface area contributed by atoms with E-state index in [0.29, 0.717) is 0 Å². The number of alkyl halides is 12. The second kappa shape index (κ2) is 30.4. The number of halogens is 12. The zero-order chi connectivity index (χ0) is 39.9. The van der Waals surface area contributed by atoms with Crippen molar-refractivity contribution >= 4 is 29.8 Å². The third-order valence-electron chi connectivity index (χ3n) is 4.10. The monoisotopic (exact) mass is 757 g/mol. The van der Waals surface area contributed by atoms with Crippen molar-refractivity contribution in [1.82, 2.24) is 21.3 Å². The molecule has 0 aliphatic heterocycles. The lowest BCUT2D eigenvalue weighted by molar-refractivity contribution is -0.193. The standard InChI is InChI=1S/C15H35N5O.4C2HF3O2/c1-15(21)20-14-6-13-19-12-5-11-18-9-3-2-8-17-10-4-7-16;4*3-2(4,5)1(6)7/h17-19H,2-14,16H2,1H3,(H,20,21);4*(H,6,7). The predicted molar refractivity (Wildman–Crippen MR) is 144 cm³/mol. The van der Waals surface area contributed by atoms with Gasteiger partial charge < -0.3 is 47.4 Å². The van der Waals surface area contributed by atoms with Crippen molar-refractivity contribution in [3.63, 3.8) is 0 Å². The molecular formula is C23H39F12N5O9. The van der Waals surface area contributed by atoms with E-state index in [-0.39, 0.29) is 5.91 Å². The molecule has 49 heavy (non-hydrogen) atoms. The van der Waals surface area contributed by atoms with Crippen molar-refractivity contribution in [2.24, 2.45) is 5.73 Å². The van der Waals surface area contributed by atoms with Crippen molar-refractivity contribution in [3.8, 4) is 0 Å². The summed E-state index contributed by atoms with van der Waals surface area (Å²) in [6.07, 6.45) is -14.7. The Kier molecular flexibility index (Phi) is 34.0. The van der Waals surface area contributed by atoms with Crippen LogP contribution in [0.4, 0.5) is 52.7 Å². The lowest BCUT2D eigenvalue weighted by Gasteiger charge is -2.07. The number of carboxylic acid groups (broad SMARTS) is 4. The van der Waals surface area contributed by atoms with Crippen LogP contribution >= 0.6 is 0 Å². The summed E-state index contributed by atoms with van der Waals surface area (Å²) in [4.78, 5) is 46.2. The first kappa shape index (κ1) is 54.8. The van der Waals surface area contributed by atoms with Crippen LogP contribution < -0.4 is 27.0 Å². The fourth-order valence-corrected chi connectivity index (χ4v) is 1.92. The SMILES string of the molecule is CC(=O)NCCCNCCCNCCCCNCCCN.O=C(O)C(F)(F)F.O=C(O)C(F)(F)F.O=C(O)C(F)(F)F.O=C(O)C(F)(F)F. The highest BCUT2D eigenvalue weighted by molar-refractivity contribution is 5.74. The Hall–Kier alpha value is -3.65. The van der Waals surface area contributed by atoms with Crippen LogP contribution in [0.3, 0.4) is 0 Å². The second-order valence-corrected chi connectivity index (χ2v) is 8.50. The molecule has 0 fully saturated rings. The topological polar surface area (TPSA) is 240 Å². The van der Waals surface area contributed by atoms with E-state index in [1.165, 1.54) is 12.8 Å². The highest BCUT2D eigenvalue weighted by Crippen LogP contribution is 2.14. The van der Waals surface area contributed by atoms with E-state index >= 15 is 0 Å². The van der Waals surface area contributed by atoms with Crippen molar-refractivity contribution in [2.75, 3.05) is 52.4 Å². The number of nitrogens with two attached hydrogens (primary N) is 1. The molecule has 26 heteroatoms. The van der Waals surface area contributed by atoms with E-state index < -0.39 is 48.6 Å². The zero-order valence-corrected chi connectivity index (χ0v) is 25.6. The summed E-state index contributed by atoms with van der Waals surface area (Å²) in [5, 5.41) is 41.5. The Morgan fingerprint density at radius 3 is 0.857 bits per heavy atom. The van der Waals surface area contributed by atoms with Gasteiger partial charge in [0.25, 0.3) is 0 Å². The molecule has 0 aliphatic carbocycles. The molecule has 1 amide bonds. The van der Waals surface area contributed by atoms with Crippen molar-refractivity contribution in [2.45, 2.75) is 63.7 Å². The smallest absolute Gasteiger partial charge is 0.475 e. The number of carbonyl (C=O) groups excluding carboxylic acids is 1. The van der Waals surface area contributed by atoms with Gasteiger partial charge in [-0.15, -0.1) is 0 Å². The fourth-order valence-electron chi connectivity index (χ4n) is 1.92. The first-order valence-corrected chi connectivity index (χ1v) is 13.3. The molecule has 0 heterocycles. The molecule has 14 nitrogen and oxygen atoms in total. The summed E-state index contributed by atoms with van der Waals surface area (Å²) in [7, 11) is 0. The van der Waals surface area contributed by atoms with Crippen LogP contribution in [0, 0.1) is 0 Å². The van der Waals surface area contributed by atoms with Gasteiger partial charge in [-0.05, 0) is 77.9 Å². The summed E-state index contributed by atoms with van der Waals surface area (Å²) < 4.78 is 127. The predicted octanol–water partition coefficient (Wildman–Crippen LogP) is 2.33. The molecule has 0 atom stereocenters. The molecule has 10 N–H and O–H groups in total. The maximum Gasteiger partial charge on any atom is 0.490 e. The average Bonchev–Trinajstić information content (AvgIpc) is 2.92. The molecule has 0 saturated heterocycles. The van der Waals surface area contributed by atoms with Crippen molar-refractivity contribution < 1.29 is 97.1 Å². The molecule has 0 radical (unpaired) electrons. The molecule has 0 rings (SSSR count). The van der Waals surface area contributed by atoms with E-state index in [2.05, 4.69) is 21.3 Å². The summed E-state index contributed by atoms with van der Waals surface area (Å²) in [6, 6.07) is 0. The van der Waals surface area contributed by atoms with Crippen molar-refractivity contribution in [1.29, 1.82) is 0 Å². The summed E-state index contributed by atoms with van der Waals surface area (Å²) in [6.45, 7) is 9.39. The lowest BCUT2D eigenvalue weighted by atomic mass is 10.3. The van der Waals surface area contributed by atoms with E-state index in [4.69, 9.17) is 45.3 Å². The third kappa shape index (κ3) is 54.1. The Balaban J connectivity index is -0.000000189. The molecule has 0 bridgehead atoms. The van der Waals surface area contributed by atoms with Gasteiger partial charge in [0.2, 0.25) is 5.91 Å². The number of hydrogen-bond acceptors (Lipinski definition) is 9. The molecule has 0 spiro atoms. The van der Waals surface area contributed by atoms with Gasteiger partial charge in [-0.2, -0.15) is 52.7 Å². The van der Waals surface area contributed by atoms with Gasteiger partial charge in [0.05, 0.1) is 0 Å². The molecule has 0 aromatic heterocycles. The van der Waals surface area contributed by atoms with Gasteiger partial charge in [-0.1, -0.05) is 0 Å². The van der Waals surface area contributed by atoms with Crippen LogP contribution in [0.5, 0.6) is 0 Å². The Labute approximate surface area is 270 Å². The number of nitrogens with one attached hydrogen (secondary N) is 4. The number of aliphatic carboxylic acids is 4.